The minimum atomic E-state index is -0.490. The van der Waals surface area contributed by atoms with Crippen LogP contribution in [0.1, 0.15) is 49.3 Å². The number of hydrogen-bond donors (Lipinski definition) is 2. The molecule has 2 unspecified atom stereocenters. The molecular formula is C14H26N2O2S. The van der Waals surface area contributed by atoms with Crippen LogP contribution in [0.2, 0.25) is 0 Å². The molecule has 1 aromatic rings. The maximum absolute atomic E-state index is 9.88. The Morgan fingerprint density at radius 1 is 1.37 bits per heavy atom. The van der Waals surface area contributed by atoms with Gasteiger partial charge >= 0.3 is 0 Å². The van der Waals surface area contributed by atoms with Crippen molar-refractivity contribution in [2.45, 2.75) is 59.3 Å². The molecule has 0 amide bonds. The molecule has 0 radical (unpaired) electrons. The first-order chi connectivity index (χ1) is 8.69. The highest BCUT2D eigenvalue weighted by Gasteiger charge is 2.16. The van der Waals surface area contributed by atoms with E-state index >= 15 is 0 Å². The summed E-state index contributed by atoms with van der Waals surface area (Å²) in [6.07, 6.45) is -0.490. The Bertz CT molecular complexity index is 399. The first-order valence-corrected chi connectivity index (χ1v) is 7.50. The summed E-state index contributed by atoms with van der Waals surface area (Å²) >= 11 is 1.71. The quantitative estimate of drug-likeness (QED) is 0.844. The van der Waals surface area contributed by atoms with Gasteiger partial charge in [0.1, 0.15) is 0 Å². The van der Waals surface area contributed by atoms with Gasteiger partial charge in [-0.15, -0.1) is 11.3 Å². The minimum Gasteiger partial charge on any atom is -0.389 e. The number of nitrogens with one attached hydrogen (secondary N) is 1. The summed E-state index contributed by atoms with van der Waals surface area (Å²) in [5.74, 6) is 0. The van der Waals surface area contributed by atoms with E-state index in [1.807, 2.05) is 34.6 Å². The maximum Gasteiger partial charge on any atom is 0.0900 e. The predicted octanol–water partition coefficient (Wildman–Crippen LogP) is 2.59. The predicted molar refractivity (Wildman–Crippen MR) is 79.7 cm³/mol. The highest BCUT2D eigenvalue weighted by atomic mass is 32.1. The van der Waals surface area contributed by atoms with Gasteiger partial charge in [0.2, 0.25) is 0 Å². The Kier molecular flexibility index (Phi) is 5.92. The molecule has 110 valence electrons. The van der Waals surface area contributed by atoms with Gasteiger partial charge in [-0.1, -0.05) is 0 Å². The van der Waals surface area contributed by atoms with Crippen molar-refractivity contribution >= 4 is 11.3 Å². The third-order valence-corrected chi connectivity index (χ3v) is 3.96. The summed E-state index contributed by atoms with van der Waals surface area (Å²) < 4.78 is 5.56. The summed E-state index contributed by atoms with van der Waals surface area (Å²) in [4.78, 5) is 5.66. The number of aromatic nitrogens is 1. The molecule has 1 rings (SSSR count). The molecule has 1 heterocycles. The highest BCUT2D eigenvalue weighted by molar-refractivity contribution is 7.11. The van der Waals surface area contributed by atoms with E-state index in [9.17, 15) is 5.11 Å². The average Bonchev–Trinajstić information content (AvgIpc) is 2.61. The second-order valence-corrected chi connectivity index (χ2v) is 7.12. The third-order valence-electron chi connectivity index (χ3n) is 2.70. The van der Waals surface area contributed by atoms with E-state index in [2.05, 4.69) is 17.2 Å². The number of aliphatic hydroxyl groups is 1. The summed E-state index contributed by atoms with van der Waals surface area (Å²) in [5, 5.41) is 14.3. The van der Waals surface area contributed by atoms with Crippen LogP contribution in [-0.2, 0) is 4.74 Å². The molecule has 0 aliphatic carbocycles. The van der Waals surface area contributed by atoms with Gasteiger partial charge in [0, 0.05) is 17.5 Å². The monoisotopic (exact) mass is 286 g/mol. The molecule has 0 aromatic carbocycles. The second-order valence-electron chi connectivity index (χ2n) is 5.89. The maximum atomic E-state index is 9.88. The number of nitrogens with zero attached hydrogens (tertiary/aromatic N) is 1. The molecule has 0 aliphatic rings. The van der Waals surface area contributed by atoms with Crippen molar-refractivity contribution in [1.82, 2.24) is 10.3 Å². The Hall–Kier alpha value is -0.490. The van der Waals surface area contributed by atoms with Gasteiger partial charge < -0.3 is 15.2 Å². The van der Waals surface area contributed by atoms with Crippen molar-refractivity contribution in [2.24, 2.45) is 0 Å². The normalized spacial score (nSPS) is 15.5. The van der Waals surface area contributed by atoms with Gasteiger partial charge in [-0.05, 0) is 41.5 Å². The van der Waals surface area contributed by atoms with Crippen molar-refractivity contribution in [2.75, 3.05) is 13.2 Å². The van der Waals surface area contributed by atoms with E-state index in [1.54, 1.807) is 11.3 Å². The summed E-state index contributed by atoms with van der Waals surface area (Å²) in [5.41, 5.74) is 0.862. The molecule has 0 bridgehead atoms. The largest absolute Gasteiger partial charge is 0.389 e. The lowest BCUT2D eigenvalue weighted by Gasteiger charge is -2.23. The fraction of sp³-hybridized carbons (Fsp3) is 0.786. The van der Waals surface area contributed by atoms with Crippen molar-refractivity contribution in [3.63, 3.8) is 0 Å². The van der Waals surface area contributed by atoms with Gasteiger partial charge in [-0.25, -0.2) is 4.98 Å². The SMILES string of the molecule is Cc1nc(C)c(C(C)NCC(O)COC(C)(C)C)s1. The standard InChI is InChI=1S/C14H26N2O2S/c1-9(13-10(2)16-11(3)19-13)15-7-12(17)8-18-14(4,5)6/h9,12,15,17H,7-8H2,1-6H3. The zero-order valence-electron chi connectivity index (χ0n) is 12.8. The molecular weight excluding hydrogens is 260 g/mol. The first kappa shape index (κ1) is 16.6. The lowest BCUT2D eigenvalue weighted by Crippen LogP contribution is -2.34. The molecule has 2 N–H and O–H groups in total. The van der Waals surface area contributed by atoms with E-state index in [1.165, 1.54) is 4.88 Å². The third kappa shape index (κ3) is 5.99. The fourth-order valence-electron chi connectivity index (χ4n) is 1.76. The summed E-state index contributed by atoms with van der Waals surface area (Å²) in [6.45, 7) is 13.0. The molecule has 2 atom stereocenters. The number of hydrogen-bond acceptors (Lipinski definition) is 5. The van der Waals surface area contributed by atoms with Crippen molar-refractivity contribution in [3.8, 4) is 0 Å². The van der Waals surface area contributed by atoms with Crippen LogP contribution in [0.25, 0.3) is 0 Å². The Labute approximate surface area is 120 Å². The average molecular weight is 286 g/mol. The number of aliphatic hydroxyl groups excluding tert-OH is 1. The smallest absolute Gasteiger partial charge is 0.0900 e. The molecule has 1 aromatic heterocycles. The highest BCUT2D eigenvalue weighted by Crippen LogP contribution is 2.24. The van der Waals surface area contributed by atoms with Crippen molar-refractivity contribution < 1.29 is 9.84 Å². The molecule has 5 heteroatoms. The van der Waals surface area contributed by atoms with Crippen LogP contribution in [0.5, 0.6) is 0 Å². The zero-order valence-corrected chi connectivity index (χ0v) is 13.6. The van der Waals surface area contributed by atoms with Gasteiger partial charge in [0.05, 0.1) is 29.0 Å². The van der Waals surface area contributed by atoms with Crippen LogP contribution in [0.15, 0.2) is 0 Å². The Morgan fingerprint density at radius 2 is 2.00 bits per heavy atom. The molecule has 0 aliphatic heterocycles. The molecule has 0 spiro atoms. The number of aryl methyl sites for hydroxylation is 2. The van der Waals surface area contributed by atoms with Crippen LogP contribution in [-0.4, -0.2) is 34.9 Å². The molecule has 0 saturated carbocycles. The van der Waals surface area contributed by atoms with E-state index < -0.39 is 6.10 Å². The molecule has 19 heavy (non-hydrogen) atoms. The van der Waals surface area contributed by atoms with Crippen LogP contribution < -0.4 is 5.32 Å². The number of thiazole rings is 1. The van der Waals surface area contributed by atoms with Gasteiger partial charge in [-0.3, -0.25) is 0 Å². The van der Waals surface area contributed by atoms with E-state index in [0.717, 1.165) is 10.7 Å². The number of ether oxygens (including phenoxy) is 1. The van der Waals surface area contributed by atoms with Gasteiger partial charge in [-0.2, -0.15) is 0 Å². The zero-order chi connectivity index (χ0) is 14.6. The van der Waals surface area contributed by atoms with E-state index in [0.29, 0.717) is 13.2 Å². The van der Waals surface area contributed by atoms with Gasteiger partial charge in [0.25, 0.3) is 0 Å². The van der Waals surface area contributed by atoms with Crippen LogP contribution >= 0.6 is 11.3 Å². The summed E-state index contributed by atoms with van der Waals surface area (Å²) in [6, 6.07) is 0.204. The van der Waals surface area contributed by atoms with E-state index in [-0.39, 0.29) is 11.6 Å². The number of rotatable bonds is 6. The van der Waals surface area contributed by atoms with Crippen molar-refractivity contribution in [3.05, 3.63) is 15.6 Å². The molecule has 0 saturated heterocycles. The van der Waals surface area contributed by atoms with Crippen LogP contribution in [0.3, 0.4) is 0 Å². The van der Waals surface area contributed by atoms with Gasteiger partial charge in [0.15, 0.2) is 0 Å². The summed E-state index contributed by atoms with van der Waals surface area (Å²) in [7, 11) is 0. The second kappa shape index (κ2) is 6.79. The van der Waals surface area contributed by atoms with Crippen LogP contribution in [0.4, 0.5) is 0 Å². The van der Waals surface area contributed by atoms with E-state index in [4.69, 9.17) is 4.74 Å². The Morgan fingerprint density at radius 3 is 2.47 bits per heavy atom. The topological polar surface area (TPSA) is 54.4 Å². The van der Waals surface area contributed by atoms with Crippen LogP contribution in [0, 0.1) is 13.8 Å². The first-order valence-electron chi connectivity index (χ1n) is 6.68. The molecule has 0 fully saturated rings. The Balaban J connectivity index is 2.38. The minimum absolute atomic E-state index is 0.204. The van der Waals surface area contributed by atoms with Crippen molar-refractivity contribution in [1.29, 1.82) is 0 Å². The molecule has 4 nitrogen and oxygen atoms in total. The lowest BCUT2D eigenvalue weighted by molar-refractivity contribution is -0.0482. The lowest BCUT2D eigenvalue weighted by atomic mass is 10.2. The fourth-order valence-corrected chi connectivity index (χ4v) is 2.71.